The Morgan fingerprint density at radius 2 is 1.87 bits per heavy atom. The van der Waals surface area contributed by atoms with E-state index in [1.54, 1.807) is 12.1 Å². The monoisotopic (exact) mass is 460 g/mol. The topological polar surface area (TPSA) is 55.8 Å². The summed E-state index contributed by atoms with van der Waals surface area (Å²) < 4.78 is 39.2. The molecule has 5 rings (SSSR count). The highest BCUT2D eigenvalue weighted by Crippen LogP contribution is 2.69. The van der Waals surface area contributed by atoms with Gasteiger partial charge in [0.05, 0.1) is 6.10 Å². The summed E-state index contributed by atoms with van der Waals surface area (Å²) in [6.07, 6.45) is 3.99. The zero-order chi connectivity index (χ0) is 22.0. The van der Waals surface area contributed by atoms with Crippen LogP contribution in [0, 0.1) is 22.6 Å². The summed E-state index contributed by atoms with van der Waals surface area (Å²) in [6.45, 7) is 6.59. The van der Waals surface area contributed by atoms with Crippen LogP contribution in [-0.2, 0) is 13.6 Å². The molecule has 4 nitrogen and oxygen atoms in total. The molecule has 0 amide bonds. The first-order chi connectivity index (χ1) is 14.6. The minimum absolute atomic E-state index is 0.0462. The quantitative estimate of drug-likeness (QED) is 0.492. The van der Waals surface area contributed by atoms with Crippen molar-refractivity contribution in [1.82, 2.24) is 0 Å². The number of benzene rings is 2. The van der Waals surface area contributed by atoms with Crippen molar-refractivity contribution in [2.24, 2.45) is 16.7 Å². The molecule has 0 radical (unpaired) electrons. The lowest BCUT2D eigenvalue weighted by Gasteiger charge is -2.39. The zero-order valence-corrected chi connectivity index (χ0v) is 19.5. The van der Waals surface area contributed by atoms with Gasteiger partial charge in [0.2, 0.25) is 0 Å². The van der Waals surface area contributed by atoms with Crippen LogP contribution in [0.1, 0.15) is 51.2 Å². The Labute approximate surface area is 186 Å². The van der Waals surface area contributed by atoms with Crippen LogP contribution in [0.4, 0.5) is 4.39 Å². The molecule has 31 heavy (non-hydrogen) atoms. The molecule has 1 aliphatic heterocycles. The number of halogens is 1. The van der Waals surface area contributed by atoms with E-state index in [2.05, 4.69) is 20.8 Å². The molecule has 0 saturated heterocycles. The van der Waals surface area contributed by atoms with Gasteiger partial charge in [-0.25, -0.2) is 8.96 Å². The van der Waals surface area contributed by atoms with Crippen LogP contribution in [-0.4, -0.2) is 11.0 Å². The smallest absolute Gasteiger partial charge is 0.403 e. The molecule has 2 aromatic rings. The minimum atomic E-state index is -4.44. The summed E-state index contributed by atoms with van der Waals surface area (Å²) in [7, 11) is -4.44. The molecule has 4 atom stereocenters. The van der Waals surface area contributed by atoms with E-state index in [-0.39, 0.29) is 22.7 Å². The van der Waals surface area contributed by atoms with E-state index in [4.69, 9.17) is 9.05 Å². The number of hydrogen-bond acceptors (Lipinski definition) is 4. The van der Waals surface area contributed by atoms with Crippen LogP contribution in [0.25, 0.3) is 11.8 Å². The van der Waals surface area contributed by atoms with Crippen LogP contribution in [0.3, 0.4) is 0 Å². The van der Waals surface area contributed by atoms with Crippen molar-refractivity contribution in [2.45, 2.75) is 55.9 Å². The van der Waals surface area contributed by atoms with Gasteiger partial charge in [-0.3, -0.25) is 9.42 Å². The molecule has 0 aromatic heterocycles. The second-order valence-electron chi connectivity index (χ2n) is 9.52. The Kier molecular flexibility index (Phi) is 4.95. The van der Waals surface area contributed by atoms with Gasteiger partial charge in [0, 0.05) is 20.9 Å². The molecule has 2 bridgehead atoms. The van der Waals surface area contributed by atoms with Crippen LogP contribution < -0.4 is 0 Å². The molecule has 1 heterocycles. The molecule has 2 saturated carbocycles. The highest BCUT2D eigenvalue weighted by atomic mass is 32.2. The van der Waals surface area contributed by atoms with Gasteiger partial charge < -0.3 is 4.52 Å². The first kappa shape index (κ1) is 21.3. The number of fused-ring (bicyclic) bond motifs is 4. The molecule has 1 N–H and O–H groups in total. The van der Waals surface area contributed by atoms with Crippen molar-refractivity contribution in [2.75, 3.05) is 0 Å². The third-order valence-corrected chi connectivity index (χ3v) is 9.95. The Morgan fingerprint density at radius 3 is 2.58 bits per heavy atom. The van der Waals surface area contributed by atoms with Crippen LogP contribution >= 0.6 is 19.6 Å². The summed E-state index contributed by atoms with van der Waals surface area (Å²) in [5.74, 6) is 0.206. The average Bonchev–Trinajstić information content (AvgIpc) is 2.95. The Bertz CT molecular complexity index is 1130. The maximum Gasteiger partial charge on any atom is 0.527 e. The summed E-state index contributed by atoms with van der Waals surface area (Å²) in [6, 6.07) is 12.2. The lowest BCUT2D eigenvalue weighted by atomic mass is 9.70. The predicted molar refractivity (Wildman–Crippen MR) is 120 cm³/mol. The van der Waals surface area contributed by atoms with Gasteiger partial charge in [-0.15, -0.1) is 0 Å². The molecule has 1 unspecified atom stereocenters. The molecule has 0 spiro atoms. The molecule has 164 valence electrons. The van der Waals surface area contributed by atoms with E-state index >= 15 is 0 Å². The normalized spacial score (nSPS) is 30.0. The van der Waals surface area contributed by atoms with Gasteiger partial charge in [-0.05, 0) is 60.3 Å². The third-order valence-electron chi connectivity index (χ3n) is 7.85. The Morgan fingerprint density at radius 1 is 1.13 bits per heavy atom. The second-order valence-corrected chi connectivity index (χ2v) is 11.9. The highest BCUT2D eigenvalue weighted by molar-refractivity contribution is 7.99. The molecule has 3 aliphatic rings. The van der Waals surface area contributed by atoms with Gasteiger partial charge in [0.15, 0.2) is 0 Å². The van der Waals surface area contributed by atoms with E-state index < -0.39 is 13.6 Å². The van der Waals surface area contributed by atoms with E-state index in [1.807, 2.05) is 24.3 Å². The molecule has 7 heteroatoms. The standard InChI is InChI=1S/C24H26FO4PS/c1-23(2)15-11-12-24(23,3)22(13-15)29-30(26,27)28-19-14-17-18(25)8-6-10-21(17)31-20-9-5-4-7-16(19)20/h4-10,14-15,22H,11-13H2,1-3H3,(H,26,27)/t15-,22+,24+/m0/s1. The summed E-state index contributed by atoms with van der Waals surface area (Å²) >= 11 is 1.40. The number of phosphoric acid groups is 1. The fourth-order valence-electron chi connectivity index (χ4n) is 5.50. The SMILES string of the molecule is CC1(C)[C@H]2CC[C@]1(C)[C@H](OP(=O)(O)OC1=Cc3c(F)cccc3Sc3ccccc31)C2. The first-order valence-corrected chi connectivity index (χ1v) is 12.9. The molecule has 2 aliphatic carbocycles. The zero-order valence-electron chi connectivity index (χ0n) is 17.8. The fraction of sp³-hybridized carbons (Fsp3) is 0.417. The van der Waals surface area contributed by atoms with Gasteiger partial charge in [-0.2, -0.15) is 0 Å². The van der Waals surface area contributed by atoms with Gasteiger partial charge in [0.25, 0.3) is 0 Å². The maximum atomic E-state index is 14.6. The molecular weight excluding hydrogens is 434 g/mol. The van der Waals surface area contributed by atoms with Crippen molar-refractivity contribution >= 4 is 31.4 Å². The van der Waals surface area contributed by atoms with Gasteiger partial charge >= 0.3 is 7.82 Å². The number of phosphoric ester groups is 1. The molecule has 2 aromatic carbocycles. The third kappa shape index (κ3) is 3.39. The first-order valence-electron chi connectivity index (χ1n) is 10.6. The maximum absolute atomic E-state index is 14.6. The Hall–Kier alpha value is -1.59. The summed E-state index contributed by atoms with van der Waals surface area (Å²) in [5, 5.41) is 0. The van der Waals surface area contributed by atoms with Crippen molar-refractivity contribution in [1.29, 1.82) is 0 Å². The van der Waals surface area contributed by atoms with E-state index in [1.165, 1.54) is 23.9 Å². The average molecular weight is 461 g/mol. The van der Waals surface area contributed by atoms with Crippen LogP contribution in [0.2, 0.25) is 0 Å². The van der Waals surface area contributed by atoms with Gasteiger partial charge in [-0.1, -0.05) is 56.8 Å². The highest BCUT2D eigenvalue weighted by Gasteiger charge is 2.63. The van der Waals surface area contributed by atoms with Crippen LogP contribution in [0.5, 0.6) is 0 Å². The van der Waals surface area contributed by atoms with Crippen LogP contribution in [0.15, 0.2) is 52.3 Å². The largest absolute Gasteiger partial charge is 0.527 e. The van der Waals surface area contributed by atoms with E-state index in [0.29, 0.717) is 17.0 Å². The van der Waals surface area contributed by atoms with Crippen molar-refractivity contribution in [3.8, 4) is 0 Å². The van der Waals surface area contributed by atoms with Crippen molar-refractivity contribution in [3.63, 3.8) is 0 Å². The lowest BCUT2D eigenvalue weighted by molar-refractivity contribution is 0.0107. The summed E-state index contributed by atoms with van der Waals surface area (Å²) in [4.78, 5) is 12.3. The second kappa shape index (κ2) is 7.21. The van der Waals surface area contributed by atoms with E-state index in [9.17, 15) is 13.8 Å². The number of rotatable bonds is 4. The predicted octanol–water partition coefficient (Wildman–Crippen LogP) is 7.14. The lowest BCUT2D eigenvalue weighted by Crippen LogP contribution is -2.36. The molecular formula is C24H26FO4PS. The van der Waals surface area contributed by atoms with Crippen molar-refractivity contribution in [3.05, 3.63) is 59.4 Å². The fourth-order valence-corrected chi connectivity index (χ4v) is 7.66. The number of hydrogen-bond donors (Lipinski definition) is 1. The van der Waals surface area contributed by atoms with E-state index in [0.717, 1.165) is 29.1 Å². The van der Waals surface area contributed by atoms with Crippen molar-refractivity contribution < 1.29 is 22.9 Å². The van der Waals surface area contributed by atoms with Gasteiger partial charge in [0.1, 0.15) is 11.6 Å². The summed E-state index contributed by atoms with van der Waals surface area (Å²) in [5.41, 5.74) is 0.848. The molecule has 2 fully saturated rings. The Balaban J connectivity index is 1.48. The minimum Gasteiger partial charge on any atom is -0.403 e.